The van der Waals surface area contributed by atoms with E-state index in [0.29, 0.717) is 0 Å². The average Bonchev–Trinajstić information content (AvgIpc) is 2.93. The van der Waals surface area contributed by atoms with E-state index < -0.39 is 0 Å². The molecule has 2 heterocycles. The van der Waals surface area contributed by atoms with E-state index in [1.165, 1.54) is 10.3 Å². The summed E-state index contributed by atoms with van der Waals surface area (Å²) in [4.78, 5) is 6.02. The van der Waals surface area contributed by atoms with Gasteiger partial charge in [0.1, 0.15) is 0 Å². The van der Waals surface area contributed by atoms with Crippen molar-refractivity contribution in [1.82, 2.24) is 10.3 Å². The zero-order chi connectivity index (χ0) is 14.7. The molecule has 108 valence electrons. The molecule has 2 nitrogen and oxygen atoms in total. The van der Waals surface area contributed by atoms with Crippen LogP contribution in [0, 0.1) is 0 Å². The van der Waals surface area contributed by atoms with Crippen LogP contribution in [0.5, 0.6) is 0 Å². The van der Waals surface area contributed by atoms with Gasteiger partial charge in [-0.3, -0.25) is 4.98 Å². The molecule has 3 aromatic rings. The third-order valence-corrected chi connectivity index (χ3v) is 4.80. The lowest BCUT2D eigenvalue weighted by Crippen LogP contribution is -2.22. The lowest BCUT2D eigenvalue weighted by Gasteiger charge is -2.16. The fourth-order valence-corrected chi connectivity index (χ4v) is 3.60. The van der Waals surface area contributed by atoms with Crippen LogP contribution in [0.15, 0.2) is 48.5 Å². The maximum Gasteiger partial charge on any atom is 0.0931 e. The predicted molar refractivity (Wildman–Crippen MR) is 91.2 cm³/mol. The van der Waals surface area contributed by atoms with Gasteiger partial charge in [-0.2, -0.15) is 0 Å². The smallest absolute Gasteiger partial charge is 0.0931 e. The zero-order valence-corrected chi connectivity index (χ0v) is 13.4. The van der Waals surface area contributed by atoms with E-state index in [9.17, 15) is 0 Å². The fraction of sp³-hybridized carbons (Fsp3) is 0.235. The lowest BCUT2D eigenvalue weighted by atomic mass is 10.1. The molecule has 0 aliphatic heterocycles. The lowest BCUT2D eigenvalue weighted by molar-refractivity contribution is 0.553. The molecular weight excluding hydrogens is 300 g/mol. The van der Waals surface area contributed by atoms with Crippen LogP contribution in [-0.4, -0.2) is 11.5 Å². The van der Waals surface area contributed by atoms with Crippen molar-refractivity contribution in [1.29, 1.82) is 0 Å². The maximum absolute atomic E-state index is 6.06. The molecule has 1 atom stereocenters. The van der Waals surface area contributed by atoms with Crippen molar-refractivity contribution in [2.45, 2.75) is 19.4 Å². The van der Waals surface area contributed by atoms with Crippen LogP contribution in [0.1, 0.15) is 23.5 Å². The molecule has 1 aromatic carbocycles. The Kier molecular flexibility index (Phi) is 4.54. The van der Waals surface area contributed by atoms with E-state index in [-0.39, 0.29) is 6.04 Å². The molecule has 2 aromatic heterocycles. The second-order valence-electron chi connectivity index (χ2n) is 4.95. The van der Waals surface area contributed by atoms with Crippen molar-refractivity contribution in [2.24, 2.45) is 0 Å². The molecular formula is C17H17ClN2S. The number of halogens is 1. The van der Waals surface area contributed by atoms with Crippen molar-refractivity contribution in [3.8, 4) is 0 Å². The van der Waals surface area contributed by atoms with Gasteiger partial charge in [0.25, 0.3) is 0 Å². The highest BCUT2D eigenvalue weighted by Gasteiger charge is 2.14. The first-order valence-electron chi connectivity index (χ1n) is 7.09. The standard InChI is InChI=1S/C17H17ClN2S/c1-2-19-15(16-9-10-17(18)21-16)11-13-8-7-12-5-3-4-6-14(12)20-13/h3-10,15,19H,2,11H2,1H3. The van der Waals surface area contributed by atoms with Crippen molar-refractivity contribution in [2.75, 3.05) is 6.54 Å². The number of nitrogens with one attached hydrogen (secondary N) is 1. The molecule has 0 aliphatic carbocycles. The number of para-hydroxylation sites is 1. The van der Waals surface area contributed by atoms with Crippen LogP contribution in [-0.2, 0) is 6.42 Å². The Morgan fingerprint density at radius 1 is 1.14 bits per heavy atom. The summed E-state index contributed by atoms with van der Waals surface area (Å²) in [5, 5.41) is 4.70. The number of fused-ring (bicyclic) bond motifs is 1. The molecule has 4 heteroatoms. The summed E-state index contributed by atoms with van der Waals surface area (Å²) in [6.07, 6.45) is 0.871. The SMILES string of the molecule is CCNC(Cc1ccc2ccccc2n1)c1ccc(Cl)s1. The van der Waals surface area contributed by atoms with Gasteiger partial charge in [-0.1, -0.05) is 42.8 Å². The number of benzene rings is 1. The number of nitrogens with zero attached hydrogens (tertiary/aromatic N) is 1. The highest BCUT2D eigenvalue weighted by Crippen LogP contribution is 2.29. The van der Waals surface area contributed by atoms with Crippen LogP contribution in [0.25, 0.3) is 10.9 Å². The molecule has 0 saturated carbocycles. The molecule has 1 N–H and O–H groups in total. The van der Waals surface area contributed by atoms with E-state index in [1.54, 1.807) is 11.3 Å². The Morgan fingerprint density at radius 2 is 2.00 bits per heavy atom. The van der Waals surface area contributed by atoms with Crippen LogP contribution < -0.4 is 5.32 Å². The number of likely N-dealkylation sites (N-methyl/N-ethyl adjacent to an activating group) is 1. The second kappa shape index (κ2) is 6.56. The van der Waals surface area contributed by atoms with Gasteiger partial charge >= 0.3 is 0 Å². The Hall–Kier alpha value is -1.42. The highest BCUT2D eigenvalue weighted by molar-refractivity contribution is 7.16. The minimum Gasteiger partial charge on any atom is -0.309 e. The van der Waals surface area contributed by atoms with Crippen molar-refractivity contribution in [3.05, 3.63) is 63.4 Å². The summed E-state index contributed by atoms with van der Waals surface area (Å²) in [6, 6.07) is 16.8. The minimum absolute atomic E-state index is 0.265. The first kappa shape index (κ1) is 14.5. The molecule has 0 saturated heterocycles. The van der Waals surface area contributed by atoms with Crippen LogP contribution in [0.2, 0.25) is 4.34 Å². The molecule has 0 fully saturated rings. The Labute approximate surface area is 133 Å². The summed E-state index contributed by atoms with van der Waals surface area (Å²) in [7, 11) is 0. The minimum atomic E-state index is 0.265. The van der Waals surface area contributed by atoms with Gasteiger partial charge in [-0.15, -0.1) is 11.3 Å². The van der Waals surface area contributed by atoms with E-state index >= 15 is 0 Å². The third kappa shape index (κ3) is 3.43. The Balaban J connectivity index is 1.86. The van der Waals surface area contributed by atoms with Gasteiger partial charge in [-0.05, 0) is 30.8 Å². The summed E-state index contributed by atoms with van der Waals surface area (Å²) in [5.41, 5.74) is 2.15. The van der Waals surface area contributed by atoms with Gasteiger partial charge in [-0.25, -0.2) is 0 Å². The number of hydrogen-bond acceptors (Lipinski definition) is 3. The van der Waals surface area contributed by atoms with Crippen molar-refractivity contribution < 1.29 is 0 Å². The van der Waals surface area contributed by atoms with Crippen molar-refractivity contribution >= 4 is 33.8 Å². The first-order chi connectivity index (χ1) is 10.3. The second-order valence-corrected chi connectivity index (χ2v) is 6.70. The number of aromatic nitrogens is 1. The van der Waals surface area contributed by atoms with Gasteiger partial charge < -0.3 is 5.32 Å². The third-order valence-electron chi connectivity index (χ3n) is 3.46. The average molecular weight is 317 g/mol. The molecule has 21 heavy (non-hydrogen) atoms. The number of pyridine rings is 1. The van der Waals surface area contributed by atoms with E-state index in [2.05, 4.69) is 42.6 Å². The predicted octanol–water partition coefficient (Wildman–Crippen LogP) is 4.84. The highest BCUT2D eigenvalue weighted by atomic mass is 35.5. The molecule has 0 radical (unpaired) electrons. The number of rotatable bonds is 5. The summed E-state index contributed by atoms with van der Waals surface area (Å²) >= 11 is 7.69. The quantitative estimate of drug-likeness (QED) is 0.728. The monoisotopic (exact) mass is 316 g/mol. The molecule has 0 spiro atoms. The van der Waals surface area contributed by atoms with Crippen LogP contribution >= 0.6 is 22.9 Å². The van der Waals surface area contributed by atoms with Crippen LogP contribution in [0.3, 0.4) is 0 Å². The topological polar surface area (TPSA) is 24.9 Å². The van der Waals surface area contributed by atoms with Gasteiger partial charge in [0.05, 0.1) is 9.85 Å². The van der Waals surface area contributed by atoms with Gasteiger partial charge in [0.15, 0.2) is 0 Å². The molecule has 1 unspecified atom stereocenters. The largest absolute Gasteiger partial charge is 0.309 e. The normalized spacial score (nSPS) is 12.7. The molecule has 0 bridgehead atoms. The molecule has 0 amide bonds. The molecule has 3 rings (SSSR count). The van der Waals surface area contributed by atoms with Crippen molar-refractivity contribution in [3.63, 3.8) is 0 Å². The number of thiophene rings is 1. The Bertz CT molecular complexity index is 738. The zero-order valence-electron chi connectivity index (χ0n) is 11.8. The van der Waals surface area contributed by atoms with Gasteiger partial charge in [0.2, 0.25) is 0 Å². The first-order valence-corrected chi connectivity index (χ1v) is 8.29. The van der Waals surface area contributed by atoms with Crippen LogP contribution in [0.4, 0.5) is 0 Å². The molecule has 0 aliphatic rings. The van der Waals surface area contributed by atoms with Gasteiger partial charge in [0, 0.05) is 28.4 Å². The van der Waals surface area contributed by atoms with E-state index in [0.717, 1.165) is 28.5 Å². The summed E-state index contributed by atoms with van der Waals surface area (Å²) < 4.78 is 0.833. The van der Waals surface area contributed by atoms with E-state index in [1.807, 2.05) is 18.2 Å². The number of hydrogen-bond donors (Lipinski definition) is 1. The fourth-order valence-electron chi connectivity index (χ4n) is 2.47. The summed E-state index contributed by atoms with van der Waals surface area (Å²) in [6.45, 7) is 3.05. The Morgan fingerprint density at radius 3 is 2.76 bits per heavy atom. The summed E-state index contributed by atoms with van der Waals surface area (Å²) in [5.74, 6) is 0. The van der Waals surface area contributed by atoms with E-state index in [4.69, 9.17) is 16.6 Å². The maximum atomic E-state index is 6.06.